The molecule has 2 aliphatic rings. The zero-order valence-corrected chi connectivity index (χ0v) is 19.8. The molecule has 1 unspecified atom stereocenters. The number of anilines is 1. The van der Waals surface area contributed by atoms with E-state index in [4.69, 9.17) is 31.2 Å². The third kappa shape index (κ3) is 4.80. The summed E-state index contributed by atoms with van der Waals surface area (Å²) in [5, 5.41) is 4.66. The molecule has 2 N–H and O–H groups in total. The predicted molar refractivity (Wildman–Crippen MR) is 134 cm³/mol. The Balaban J connectivity index is 1.43. The van der Waals surface area contributed by atoms with E-state index in [2.05, 4.69) is 10.3 Å². The summed E-state index contributed by atoms with van der Waals surface area (Å²) in [7, 11) is 1.62. The molecule has 0 aliphatic carbocycles. The monoisotopic (exact) mass is 481 g/mol. The lowest BCUT2D eigenvalue weighted by atomic mass is 10.1. The van der Waals surface area contributed by atoms with Crippen molar-refractivity contribution in [2.45, 2.75) is 25.5 Å². The minimum absolute atomic E-state index is 0.0644. The van der Waals surface area contributed by atoms with Gasteiger partial charge in [-0.3, -0.25) is 4.79 Å². The van der Waals surface area contributed by atoms with E-state index in [1.165, 1.54) is 0 Å². The van der Waals surface area contributed by atoms with Crippen LogP contribution in [-0.4, -0.2) is 54.6 Å². The summed E-state index contributed by atoms with van der Waals surface area (Å²) in [6.07, 6.45) is 2.05. The van der Waals surface area contributed by atoms with E-state index < -0.39 is 0 Å². The van der Waals surface area contributed by atoms with Gasteiger partial charge in [0.05, 0.1) is 31.0 Å². The second-order valence-electron chi connectivity index (χ2n) is 8.35. The number of hydrogen-bond donors (Lipinski definition) is 2. The molecule has 0 amide bonds. The summed E-state index contributed by atoms with van der Waals surface area (Å²) in [6, 6.07) is 13.2. The van der Waals surface area contributed by atoms with Gasteiger partial charge in [-0.2, -0.15) is 0 Å². The van der Waals surface area contributed by atoms with Crippen molar-refractivity contribution in [3.63, 3.8) is 0 Å². The van der Waals surface area contributed by atoms with E-state index in [1.54, 1.807) is 7.11 Å². The van der Waals surface area contributed by atoms with Crippen molar-refractivity contribution in [1.29, 1.82) is 0 Å². The highest BCUT2D eigenvalue weighted by molar-refractivity contribution is 7.80. The lowest BCUT2D eigenvalue weighted by Crippen LogP contribution is -2.40. The number of ether oxygens (including phenoxy) is 4. The van der Waals surface area contributed by atoms with Crippen LogP contribution in [-0.2, 0) is 11.3 Å². The number of rotatable bonds is 6. The van der Waals surface area contributed by atoms with Gasteiger partial charge in [0.15, 0.2) is 16.6 Å². The van der Waals surface area contributed by atoms with Crippen molar-refractivity contribution in [3.05, 3.63) is 58.4 Å². The van der Waals surface area contributed by atoms with E-state index in [0.717, 1.165) is 30.5 Å². The summed E-state index contributed by atoms with van der Waals surface area (Å²) in [6.45, 7) is 2.66. The van der Waals surface area contributed by atoms with Gasteiger partial charge in [0, 0.05) is 30.2 Å². The Bertz CT molecular complexity index is 1260. The Morgan fingerprint density at radius 2 is 1.97 bits per heavy atom. The van der Waals surface area contributed by atoms with Gasteiger partial charge in [-0.15, -0.1) is 0 Å². The van der Waals surface area contributed by atoms with Crippen molar-refractivity contribution >= 4 is 33.9 Å². The van der Waals surface area contributed by atoms with E-state index in [-0.39, 0.29) is 11.7 Å². The maximum absolute atomic E-state index is 13.0. The summed E-state index contributed by atoms with van der Waals surface area (Å²) in [4.78, 5) is 17.9. The maximum atomic E-state index is 13.0. The Hall–Kier alpha value is -3.30. The summed E-state index contributed by atoms with van der Waals surface area (Å²) in [5.41, 5.74) is 1.91. The number of thiocarbonyl (C=S) groups is 1. The largest absolute Gasteiger partial charge is 0.495 e. The number of H-pyrrole nitrogens is 1. The first kappa shape index (κ1) is 22.5. The van der Waals surface area contributed by atoms with Gasteiger partial charge in [0.1, 0.15) is 19.0 Å². The van der Waals surface area contributed by atoms with Gasteiger partial charge in [-0.05, 0) is 49.3 Å². The van der Waals surface area contributed by atoms with Crippen LogP contribution in [0, 0.1) is 0 Å². The molecule has 1 aromatic heterocycles. The van der Waals surface area contributed by atoms with Gasteiger partial charge in [-0.25, -0.2) is 0 Å². The number of aromatic nitrogens is 1. The molecule has 0 saturated carbocycles. The molecule has 3 aromatic rings. The molecule has 178 valence electrons. The third-order valence-electron chi connectivity index (χ3n) is 6.03. The molecule has 5 rings (SSSR count). The Kier molecular flexibility index (Phi) is 6.55. The number of nitrogens with zero attached hydrogens (tertiary/aromatic N) is 1. The van der Waals surface area contributed by atoms with Gasteiger partial charge in [0.25, 0.3) is 5.56 Å². The van der Waals surface area contributed by atoms with Gasteiger partial charge < -0.3 is 34.1 Å². The van der Waals surface area contributed by atoms with Crippen LogP contribution in [0.25, 0.3) is 10.9 Å². The highest BCUT2D eigenvalue weighted by Crippen LogP contribution is 2.33. The normalized spacial score (nSPS) is 16.9. The fourth-order valence-electron chi connectivity index (χ4n) is 4.31. The number of pyridine rings is 1. The number of nitrogens with one attached hydrogen (secondary N) is 2. The molecular weight excluding hydrogens is 454 g/mol. The van der Waals surface area contributed by atoms with E-state index >= 15 is 0 Å². The molecule has 1 fully saturated rings. The van der Waals surface area contributed by atoms with Crippen molar-refractivity contribution < 1.29 is 18.9 Å². The van der Waals surface area contributed by atoms with Gasteiger partial charge >= 0.3 is 0 Å². The van der Waals surface area contributed by atoms with E-state index in [1.807, 2.05) is 47.4 Å². The van der Waals surface area contributed by atoms with Gasteiger partial charge in [0.2, 0.25) is 0 Å². The van der Waals surface area contributed by atoms with Crippen LogP contribution in [0.15, 0.2) is 47.3 Å². The predicted octanol–water partition coefficient (Wildman–Crippen LogP) is 3.69. The SMILES string of the molecule is COc1ccccc1NC(=S)N(Cc1cc2cc3c(cc2[nH]c1=O)OCCO3)CC1CCCO1. The topological polar surface area (TPSA) is 85.1 Å². The molecule has 2 aromatic carbocycles. The molecule has 9 heteroatoms. The third-order valence-corrected chi connectivity index (χ3v) is 6.39. The molecular formula is C25H27N3O5S. The fourth-order valence-corrected chi connectivity index (χ4v) is 4.56. The zero-order chi connectivity index (χ0) is 23.5. The number of benzene rings is 2. The molecule has 1 saturated heterocycles. The highest BCUT2D eigenvalue weighted by Gasteiger charge is 2.23. The van der Waals surface area contributed by atoms with Crippen LogP contribution in [0.4, 0.5) is 5.69 Å². The summed E-state index contributed by atoms with van der Waals surface area (Å²) >= 11 is 5.77. The molecule has 1 atom stereocenters. The molecule has 8 nitrogen and oxygen atoms in total. The summed E-state index contributed by atoms with van der Waals surface area (Å²) < 4.78 is 22.7. The lowest BCUT2D eigenvalue weighted by Gasteiger charge is -2.28. The van der Waals surface area contributed by atoms with Crippen molar-refractivity contribution in [2.75, 3.05) is 38.8 Å². The van der Waals surface area contributed by atoms with E-state index in [0.29, 0.717) is 59.7 Å². The lowest BCUT2D eigenvalue weighted by molar-refractivity contribution is 0.0904. The van der Waals surface area contributed by atoms with Crippen molar-refractivity contribution in [3.8, 4) is 17.2 Å². The maximum Gasteiger partial charge on any atom is 0.253 e. The molecule has 3 heterocycles. The average Bonchev–Trinajstić information content (AvgIpc) is 3.36. The van der Waals surface area contributed by atoms with Crippen LogP contribution in [0.3, 0.4) is 0 Å². The first-order valence-corrected chi connectivity index (χ1v) is 11.8. The van der Waals surface area contributed by atoms with Crippen LogP contribution >= 0.6 is 12.2 Å². The van der Waals surface area contributed by atoms with Crippen LogP contribution in [0.1, 0.15) is 18.4 Å². The Labute approximate surface area is 202 Å². The van der Waals surface area contributed by atoms with Crippen molar-refractivity contribution in [2.24, 2.45) is 0 Å². The number of methoxy groups -OCH3 is 1. The highest BCUT2D eigenvalue weighted by atomic mass is 32.1. The van der Waals surface area contributed by atoms with Crippen molar-refractivity contribution in [1.82, 2.24) is 9.88 Å². The van der Waals surface area contributed by atoms with E-state index in [9.17, 15) is 4.79 Å². The smallest absolute Gasteiger partial charge is 0.253 e. The number of fused-ring (bicyclic) bond motifs is 2. The second-order valence-corrected chi connectivity index (χ2v) is 8.74. The fraction of sp³-hybridized carbons (Fsp3) is 0.360. The molecule has 0 spiro atoms. The average molecular weight is 482 g/mol. The second kappa shape index (κ2) is 9.90. The first-order valence-electron chi connectivity index (χ1n) is 11.4. The van der Waals surface area contributed by atoms with Crippen LogP contribution in [0.5, 0.6) is 17.2 Å². The Morgan fingerprint density at radius 1 is 1.18 bits per heavy atom. The van der Waals surface area contributed by atoms with Crippen LogP contribution < -0.4 is 25.1 Å². The molecule has 34 heavy (non-hydrogen) atoms. The number of aromatic amines is 1. The molecule has 0 radical (unpaired) electrons. The minimum atomic E-state index is -0.165. The van der Waals surface area contributed by atoms with Gasteiger partial charge in [-0.1, -0.05) is 12.1 Å². The zero-order valence-electron chi connectivity index (χ0n) is 19.0. The van der Waals surface area contributed by atoms with Crippen LogP contribution in [0.2, 0.25) is 0 Å². The first-order chi connectivity index (χ1) is 16.6. The number of para-hydroxylation sites is 2. The molecule has 2 aliphatic heterocycles. The summed E-state index contributed by atoms with van der Waals surface area (Å²) in [5.74, 6) is 2.02. The molecule has 0 bridgehead atoms. The quantitative estimate of drug-likeness (QED) is 0.516. The minimum Gasteiger partial charge on any atom is -0.495 e. The Morgan fingerprint density at radius 3 is 2.74 bits per heavy atom. The number of hydrogen-bond acceptors (Lipinski definition) is 6. The standard InChI is InChI=1S/C25H27N3O5S/c1-30-21-7-3-2-6-19(21)27-25(34)28(15-18-5-4-8-31-18)14-17-11-16-12-22-23(33-10-9-32-22)13-20(16)26-24(17)29/h2-3,6-7,11-13,18H,4-5,8-10,14-15H2,1H3,(H,26,29)(H,27,34).